The van der Waals surface area contributed by atoms with Crippen LogP contribution in [0.5, 0.6) is 0 Å². The summed E-state index contributed by atoms with van der Waals surface area (Å²) in [6, 6.07) is 4.28. The van der Waals surface area contributed by atoms with Gasteiger partial charge in [0.2, 0.25) is 0 Å². The predicted octanol–water partition coefficient (Wildman–Crippen LogP) is 2.64. The molecule has 0 saturated carbocycles. The molecule has 1 unspecified atom stereocenters. The SMILES string of the molecule is CC1CCN(c2ccc(C(=O)NCC3CCCN3)cn2)CC1.Cl.Cl. The van der Waals surface area contributed by atoms with E-state index in [0.717, 1.165) is 37.8 Å². The van der Waals surface area contributed by atoms with E-state index in [2.05, 4.69) is 27.4 Å². The fourth-order valence-corrected chi connectivity index (χ4v) is 3.19. The molecule has 1 atom stereocenters. The van der Waals surface area contributed by atoms with Crippen molar-refractivity contribution in [3.8, 4) is 0 Å². The standard InChI is InChI=1S/C17H26N4O.2ClH/c1-13-6-9-21(10-7-13)16-5-4-14(11-19-16)17(22)20-12-15-3-2-8-18-15;;/h4-5,11,13,15,18H,2-3,6-10,12H2,1H3,(H,20,22);2*1H. The van der Waals surface area contributed by atoms with Crippen molar-refractivity contribution in [2.75, 3.05) is 31.1 Å². The van der Waals surface area contributed by atoms with Crippen LogP contribution in [0.4, 0.5) is 5.82 Å². The highest BCUT2D eigenvalue weighted by atomic mass is 35.5. The summed E-state index contributed by atoms with van der Waals surface area (Å²) in [5.74, 6) is 1.77. The van der Waals surface area contributed by atoms with Gasteiger partial charge in [0.25, 0.3) is 5.91 Å². The number of hydrogen-bond donors (Lipinski definition) is 2. The van der Waals surface area contributed by atoms with E-state index in [1.165, 1.54) is 19.3 Å². The zero-order valence-electron chi connectivity index (χ0n) is 14.2. The lowest BCUT2D eigenvalue weighted by Gasteiger charge is -2.31. The lowest BCUT2D eigenvalue weighted by molar-refractivity contribution is 0.0950. The van der Waals surface area contributed by atoms with Crippen LogP contribution in [-0.2, 0) is 0 Å². The number of rotatable bonds is 4. The first-order chi connectivity index (χ1) is 10.7. The second-order valence-electron chi connectivity index (χ2n) is 6.58. The molecule has 0 radical (unpaired) electrons. The Morgan fingerprint density at radius 1 is 1.29 bits per heavy atom. The van der Waals surface area contributed by atoms with Crippen molar-refractivity contribution in [1.29, 1.82) is 0 Å². The summed E-state index contributed by atoms with van der Waals surface area (Å²) in [4.78, 5) is 18.9. The Morgan fingerprint density at radius 2 is 2.04 bits per heavy atom. The second kappa shape index (κ2) is 10.1. The lowest BCUT2D eigenvalue weighted by Crippen LogP contribution is -2.37. The Morgan fingerprint density at radius 3 is 2.62 bits per heavy atom. The van der Waals surface area contributed by atoms with E-state index in [1.54, 1.807) is 6.20 Å². The summed E-state index contributed by atoms with van der Waals surface area (Å²) >= 11 is 0. The normalized spacial score (nSPS) is 20.9. The van der Waals surface area contributed by atoms with Gasteiger partial charge in [0.15, 0.2) is 0 Å². The highest BCUT2D eigenvalue weighted by Crippen LogP contribution is 2.21. The third-order valence-electron chi connectivity index (χ3n) is 4.79. The number of piperidine rings is 1. The van der Waals surface area contributed by atoms with Gasteiger partial charge >= 0.3 is 0 Å². The van der Waals surface area contributed by atoms with E-state index >= 15 is 0 Å². The molecule has 136 valence electrons. The van der Waals surface area contributed by atoms with Crippen molar-refractivity contribution in [1.82, 2.24) is 15.6 Å². The number of aromatic nitrogens is 1. The molecule has 0 aliphatic carbocycles. The van der Waals surface area contributed by atoms with Crippen LogP contribution in [0.15, 0.2) is 18.3 Å². The molecule has 1 aromatic rings. The maximum Gasteiger partial charge on any atom is 0.252 e. The fourth-order valence-electron chi connectivity index (χ4n) is 3.19. The van der Waals surface area contributed by atoms with Crippen molar-refractivity contribution in [2.45, 2.75) is 38.6 Å². The van der Waals surface area contributed by atoms with Gasteiger partial charge in [0.1, 0.15) is 5.82 Å². The van der Waals surface area contributed by atoms with E-state index in [-0.39, 0.29) is 30.7 Å². The van der Waals surface area contributed by atoms with Crippen LogP contribution in [0.25, 0.3) is 0 Å². The van der Waals surface area contributed by atoms with Crippen molar-refractivity contribution >= 4 is 36.5 Å². The molecule has 2 aliphatic heterocycles. The fraction of sp³-hybridized carbons (Fsp3) is 0.647. The zero-order valence-corrected chi connectivity index (χ0v) is 15.8. The Balaban J connectivity index is 0.00000144. The topological polar surface area (TPSA) is 57.3 Å². The molecule has 24 heavy (non-hydrogen) atoms. The number of halogens is 2. The molecule has 0 spiro atoms. The van der Waals surface area contributed by atoms with Crippen molar-refractivity contribution in [3.05, 3.63) is 23.9 Å². The van der Waals surface area contributed by atoms with Crippen molar-refractivity contribution in [2.24, 2.45) is 5.92 Å². The Labute approximate surface area is 156 Å². The van der Waals surface area contributed by atoms with Gasteiger partial charge in [-0.25, -0.2) is 4.98 Å². The average Bonchev–Trinajstić information content (AvgIpc) is 3.07. The molecule has 2 fully saturated rings. The maximum atomic E-state index is 12.1. The minimum absolute atomic E-state index is 0. The van der Waals surface area contributed by atoms with Gasteiger partial charge in [-0.2, -0.15) is 0 Å². The molecular weight excluding hydrogens is 347 g/mol. The van der Waals surface area contributed by atoms with E-state index in [1.807, 2.05) is 12.1 Å². The highest BCUT2D eigenvalue weighted by molar-refractivity contribution is 5.94. The minimum Gasteiger partial charge on any atom is -0.357 e. The number of pyridine rings is 1. The number of hydrogen-bond acceptors (Lipinski definition) is 4. The van der Waals surface area contributed by atoms with Crippen LogP contribution < -0.4 is 15.5 Å². The lowest BCUT2D eigenvalue weighted by atomic mass is 9.99. The Kier molecular flexibility index (Phi) is 8.81. The third-order valence-corrected chi connectivity index (χ3v) is 4.79. The largest absolute Gasteiger partial charge is 0.357 e. The van der Waals surface area contributed by atoms with Gasteiger partial charge in [-0.15, -0.1) is 24.8 Å². The monoisotopic (exact) mass is 374 g/mol. The molecule has 3 heterocycles. The number of carbonyl (C=O) groups is 1. The summed E-state index contributed by atoms with van der Waals surface area (Å²) in [7, 11) is 0. The van der Waals surface area contributed by atoms with E-state index in [4.69, 9.17) is 0 Å². The molecule has 1 amide bonds. The maximum absolute atomic E-state index is 12.1. The minimum atomic E-state index is -0.0278. The van der Waals surface area contributed by atoms with Crippen LogP contribution in [-0.4, -0.2) is 43.1 Å². The van der Waals surface area contributed by atoms with Gasteiger partial charge in [0.05, 0.1) is 5.56 Å². The van der Waals surface area contributed by atoms with Crippen LogP contribution in [0, 0.1) is 5.92 Å². The molecular formula is C17H28Cl2N4O. The van der Waals surface area contributed by atoms with Crippen molar-refractivity contribution < 1.29 is 4.79 Å². The van der Waals surface area contributed by atoms with Crippen molar-refractivity contribution in [3.63, 3.8) is 0 Å². The quantitative estimate of drug-likeness (QED) is 0.850. The summed E-state index contributed by atoms with van der Waals surface area (Å²) in [5, 5.41) is 6.37. The molecule has 2 saturated heterocycles. The number of nitrogens with one attached hydrogen (secondary N) is 2. The van der Waals surface area contributed by atoms with E-state index in [9.17, 15) is 4.79 Å². The smallest absolute Gasteiger partial charge is 0.252 e. The molecule has 1 aromatic heterocycles. The van der Waals surface area contributed by atoms with Crippen LogP contribution in [0.1, 0.15) is 43.0 Å². The predicted molar refractivity (Wildman–Crippen MR) is 103 cm³/mol. The van der Waals surface area contributed by atoms with Gasteiger partial charge in [-0.1, -0.05) is 6.92 Å². The number of anilines is 1. The number of nitrogens with zero attached hydrogens (tertiary/aromatic N) is 2. The summed E-state index contributed by atoms with van der Waals surface area (Å²) < 4.78 is 0. The molecule has 5 nitrogen and oxygen atoms in total. The molecule has 0 bridgehead atoms. The molecule has 2 N–H and O–H groups in total. The van der Waals surface area contributed by atoms with Gasteiger partial charge < -0.3 is 15.5 Å². The van der Waals surface area contributed by atoms with E-state index in [0.29, 0.717) is 18.2 Å². The first kappa shape index (κ1) is 21.0. The van der Waals surface area contributed by atoms with Crippen LogP contribution >= 0.6 is 24.8 Å². The average molecular weight is 375 g/mol. The summed E-state index contributed by atoms with van der Waals surface area (Å²) in [6.07, 6.45) is 6.48. The first-order valence-corrected chi connectivity index (χ1v) is 8.45. The van der Waals surface area contributed by atoms with Gasteiger partial charge in [0, 0.05) is 31.9 Å². The van der Waals surface area contributed by atoms with E-state index < -0.39 is 0 Å². The molecule has 7 heteroatoms. The third kappa shape index (κ3) is 5.50. The van der Waals surface area contributed by atoms with Crippen LogP contribution in [0.2, 0.25) is 0 Å². The Hall–Kier alpha value is -1.04. The van der Waals surface area contributed by atoms with Gasteiger partial charge in [-0.3, -0.25) is 4.79 Å². The number of amides is 1. The first-order valence-electron chi connectivity index (χ1n) is 8.45. The Bertz CT molecular complexity index is 498. The van der Waals surface area contributed by atoms with Gasteiger partial charge in [-0.05, 0) is 50.3 Å². The summed E-state index contributed by atoms with van der Waals surface area (Å²) in [6.45, 7) is 6.19. The molecule has 2 aliphatic rings. The zero-order chi connectivity index (χ0) is 15.4. The highest BCUT2D eigenvalue weighted by Gasteiger charge is 2.18. The van der Waals surface area contributed by atoms with Crippen LogP contribution in [0.3, 0.4) is 0 Å². The summed E-state index contributed by atoms with van der Waals surface area (Å²) in [5.41, 5.74) is 0.645. The molecule has 3 rings (SSSR count). The second-order valence-corrected chi connectivity index (χ2v) is 6.58. The molecule has 0 aromatic carbocycles. The number of carbonyl (C=O) groups excluding carboxylic acids is 1.